The minimum atomic E-state index is -0.396. The van der Waals surface area contributed by atoms with E-state index in [1.54, 1.807) is 23.8 Å². The van der Waals surface area contributed by atoms with E-state index in [-0.39, 0.29) is 0 Å². The van der Waals surface area contributed by atoms with Crippen LogP contribution in [0.3, 0.4) is 0 Å². The number of hydrogen-bond acceptors (Lipinski definition) is 6. The van der Waals surface area contributed by atoms with Crippen molar-refractivity contribution < 1.29 is 9.53 Å². The van der Waals surface area contributed by atoms with Gasteiger partial charge in [-0.3, -0.25) is 4.98 Å². The molecule has 0 saturated heterocycles. The number of fused-ring (bicyclic) bond motifs is 1. The van der Waals surface area contributed by atoms with Gasteiger partial charge in [-0.15, -0.1) is 0 Å². The van der Waals surface area contributed by atoms with Crippen LogP contribution >= 0.6 is 0 Å². The lowest BCUT2D eigenvalue weighted by atomic mass is 10.0. The van der Waals surface area contributed by atoms with Crippen LogP contribution < -0.4 is 0 Å². The second-order valence-corrected chi connectivity index (χ2v) is 4.96. The summed E-state index contributed by atoms with van der Waals surface area (Å²) >= 11 is 0. The molecule has 0 bridgehead atoms. The van der Waals surface area contributed by atoms with Gasteiger partial charge in [0.2, 0.25) is 0 Å². The van der Waals surface area contributed by atoms with Crippen molar-refractivity contribution >= 4 is 11.7 Å². The zero-order chi connectivity index (χ0) is 16.2. The summed E-state index contributed by atoms with van der Waals surface area (Å²) in [6, 6.07) is 3.66. The molecule has 0 aliphatic rings. The van der Waals surface area contributed by atoms with Crippen molar-refractivity contribution in [1.82, 2.24) is 24.6 Å². The van der Waals surface area contributed by atoms with Crippen LogP contribution in [-0.2, 0) is 11.2 Å². The number of aryl methyl sites for hydroxylation is 1. The van der Waals surface area contributed by atoms with Gasteiger partial charge < -0.3 is 4.74 Å². The van der Waals surface area contributed by atoms with Crippen LogP contribution in [0.4, 0.5) is 0 Å². The monoisotopic (exact) mass is 311 g/mol. The van der Waals surface area contributed by atoms with Gasteiger partial charge in [-0.1, -0.05) is 13.3 Å². The van der Waals surface area contributed by atoms with E-state index in [2.05, 4.69) is 20.1 Å². The van der Waals surface area contributed by atoms with Gasteiger partial charge in [0.05, 0.1) is 18.0 Å². The third-order valence-corrected chi connectivity index (χ3v) is 3.42. The van der Waals surface area contributed by atoms with Gasteiger partial charge in [-0.25, -0.2) is 9.78 Å². The Hall–Kier alpha value is -2.83. The largest absolute Gasteiger partial charge is 0.462 e. The number of rotatable bonds is 5. The number of esters is 1. The molecule has 7 heteroatoms. The molecule has 0 aromatic carbocycles. The molecule has 0 amide bonds. The summed E-state index contributed by atoms with van der Waals surface area (Å²) in [6.07, 6.45) is 6.30. The molecule has 3 rings (SSSR count). The molecule has 3 aromatic rings. The Kier molecular flexibility index (Phi) is 4.27. The number of aromatic nitrogens is 5. The van der Waals surface area contributed by atoms with Crippen molar-refractivity contribution in [2.75, 3.05) is 6.61 Å². The first-order valence-corrected chi connectivity index (χ1v) is 7.56. The lowest BCUT2D eigenvalue weighted by Crippen LogP contribution is -2.15. The molecule has 0 aliphatic heterocycles. The summed E-state index contributed by atoms with van der Waals surface area (Å²) in [5, 5.41) is 4.21. The molecular weight excluding hydrogens is 294 g/mol. The smallest absolute Gasteiger partial charge is 0.342 e. The Morgan fingerprint density at radius 1 is 1.26 bits per heavy atom. The third-order valence-electron chi connectivity index (χ3n) is 3.42. The SMILES string of the molecule is CCCc1nc2ncnn2c(-c2ccncc2)c1C(=O)OCC. The van der Waals surface area contributed by atoms with Gasteiger partial charge >= 0.3 is 5.97 Å². The predicted octanol–water partition coefficient (Wildman–Crippen LogP) is 2.32. The van der Waals surface area contributed by atoms with Crippen molar-refractivity contribution in [3.05, 3.63) is 42.1 Å². The Morgan fingerprint density at radius 3 is 2.74 bits per heavy atom. The number of pyridine rings is 1. The zero-order valence-electron chi connectivity index (χ0n) is 13.1. The van der Waals surface area contributed by atoms with E-state index in [1.165, 1.54) is 6.33 Å². The van der Waals surface area contributed by atoms with Crippen molar-refractivity contribution in [2.45, 2.75) is 26.7 Å². The molecule has 3 heterocycles. The highest BCUT2D eigenvalue weighted by Gasteiger charge is 2.24. The molecule has 0 saturated carbocycles. The van der Waals surface area contributed by atoms with E-state index in [1.807, 2.05) is 19.1 Å². The fourth-order valence-electron chi connectivity index (χ4n) is 2.50. The van der Waals surface area contributed by atoms with Gasteiger partial charge in [0.15, 0.2) is 0 Å². The van der Waals surface area contributed by atoms with Crippen molar-refractivity contribution in [3.8, 4) is 11.3 Å². The summed E-state index contributed by atoms with van der Waals surface area (Å²) in [4.78, 5) is 25.2. The standard InChI is InChI=1S/C16H17N5O2/c1-3-5-12-13(15(22)23-4-2)14(11-6-8-17-9-7-11)21-16(20-12)18-10-19-21/h6-10H,3-5H2,1-2H3. The van der Waals surface area contributed by atoms with Gasteiger partial charge in [-0.2, -0.15) is 14.6 Å². The average Bonchev–Trinajstić information content (AvgIpc) is 3.03. The molecular formula is C16H17N5O2. The van der Waals surface area contributed by atoms with Crippen LogP contribution in [0, 0.1) is 0 Å². The minimum Gasteiger partial charge on any atom is -0.462 e. The van der Waals surface area contributed by atoms with Crippen LogP contribution in [-0.4, -0.2) is 37.1 Å². The van der Waals surface area contributed by atoms with Gasteiger partial charge in [0.25, 0.3) is 5.78 Å². The average molecular weight is 311 g/mol. The molecule has 0 N–H and O–H groups in total. The van der Waals surface area contributed by atoms with E-state index in [0.717, 1.165) is 12.0 Å². The molecule has 3 aromatic heterocycles. The highest BCUT2D eigenvalue weighted by atomic mass is 16.5. The highest BCUT2D eigenvalue weighted by Crippen LogP contribution is 2.27. The Morgan fingerprint density at radius 2 is 2.04 bits per heavy atom. The number of carbonyl (C=O) groups is 1. The maximum absolute atomic E-state index is 12.6. The van der Waals surface area contributed by atoms with E-state index in [4.69, 9.17) is 4.74 Å². The molecule has 7 nitrogen and oxygen atoms in total. The van der Waals surface area contributed by atoms with Crippen LogP contribution in [0.15, 0.2) is 30.9 Å². The minimum absolute atomic E-state index is 0.301. The Labute approximate surface area is 133 Å². The lowest BCUT2D eigenvalue weighted by molar-refractivity contribution is 0.0524. The van der Waals surface area contributed by atoms with Crippen molar-refractivity contribution in [2.24, 2.45) is 0 Å². The number of nitrogens with zero attached hydrogens (tertiary/aromatic N) is 5. The first-order chi connectivity index (χ1) is 11.3. The summed E-state index contributed by atoms with van der Waals surface area (Å²) in [5.74, 6) is 0.0703. The Balaban J connectivity index is 2.34. The van der Waals surface area contributed by atoms with Gasteiger partial charge in [0, 0.05) is 18.0 Å². The molecule has 23 heavy (non-hydrogen) atoms. The number of carbonyl (C=O) groups excluding carboxylic acids is 1. The Bertz CT molecular complexity index is 829. The molecule has 118 valence electrons. The quantitative estimate of drug-likeness (QED) is 0.672. The van der Waals surface area contributed by atoms with Crippen LogP contribution in [0.2, 0.25) is 0 Å². The van der Waals surface area contributed by atoms with E-state index < -0.39 is 5.97 Å². The zero-order valence-corrected chi connectivity index (χ0v) is 13.1. The third kappa shape index (κ3) is 2.77. The van der Waals surface area contributed by atoms with Crippen LogP contribution in [0.1, 0.15) is 36.3 Å². The maximum Gasteiger partial charge on any atom is 0.342 e. The maximum atomic E-state index is 12.6. The summed E-state index contributed by atoms with van der Waals surface area (Å²) in [6.45, 7) is 4.12. The van der Waals surface area contributed by atoms with E-state index in [0.29, 0.717) is 35.8 Å². The first-order valence-electron chi connectivity index (χ1n) is 7.56. The van der Waals surface area contributed by atoms with E-state index >= 15 is 0 Å². The normalized spacial score (nSPS) is 10.9. The van der Waals surface area contributed by atoms with Crippen LogP contribution in [0.25, 0.3) is 17.0 Å². The van der Waals surface area contributed by atoms with Crippen LogP contribution in [0.5, 0.6) is 0 Å². The number of ether oxygens (including phenoxy) is 1. The predicted molar refractivity (Wildman–Crippen MR) is 84.0 cm³/mol. The molecule has 0 unspecified atom stereocenters. The molecule has 0 radical (unpaired) electrons. The fraction of sp³-hybridized carbons (Fsp3) is 0.312. The second kappa shape index (κ2) is 6.51. The molecule has 0 fully saturated rings. The topological polar surface area (TPSA) is 82.3 Å². The summed E-state index contributed by atoms with van der Waals surface area (Å²) < 4.78 is 6.82. The summed E-state index contributed by atoms with van der Waals surface area (Å²) in [5.41, 5.74) is 2.58. The molecule has 0 aliphatic carbocycles. The van der Waals surface area contributed by atoms with Gasteiger partial charge in [0.1, 0.15) is 11.9 Å². The van der Waals surface area contributed by atoms with Gasteiger partial charge in [-0.05, 0) is 25.5 Å². The molecule has 0 atom stereocenters. The lowest BCUT2D eigenvalue weighted by Gasteiger charge is -2.14. The van der Waals surface area contributed by atoms with Crippen molar-refractivity contribution in [1.29, 1.82) is 0 Å². The first kappa shape index (κ1) is 15.1. The fourth-order valence-corrected chi connectivity index (χ4v) is 2.50. The number of hydrogen-bond donors (Lipinski definition) is 0. The highest BCUT2D eigenvalue weighted by molar-refractivity contribution is 5.97. The van der Waals surface area contributed by atoms with E-state index in [9.17, 15) is 4.79 Å². The van der Waals surface area contributed by atoms with Crippen molar-refractivity contribution in [3.63, 3.8) is 0 Å². The second-order valence-electron chi connectivity index (χ2n) is 4.96. The molecule has 0 spiro atoms. The summed E-state index contributed by atoms with van der Waals surface area (Å²) in [7, 11) is 0.